The number of ether oxygens (including phenoxy) is 1. The molecule has 0 aliphatic carbocycles. The topological polar surface area (TPSA) is 99.0 Å². The highest BCUT2D eigenvalue weighted by Gasteiger charge is 2.22. The van der Waals surface area contributed by atoms with Crippen LogP contribution in [0.5, 0.6) is 5.75 Å². The van der Waals surface area contributed by atoms with Crippen LogP contribution in [0.1, 0.15) is 24.5 Å². The molecule has 0 unspecified atom stereocenters. The highest BCUT2D eigenvalue weighted by Crippen LogP contribution is 2.30. The summed E-state index contributed by atoms with van der Waals surface area (Å²) in [6, 6.07) is 4.96. The van der Waals surface area contributed by atoms with Gasteiger partial charge in [-0.2, -0.15) is 0 Å². The fourth-order valence-electron chi connectivity index (χ4n) is 1.86. The number of methoxy groups -OCH3 is 1. The zero-order valence-corrected chi connectivity index (χ0v) is 13.6. The maximum absolute atomic E-state index is 10.8. The molecule has 0 radical (unpaired) electrons. The van der Waals surface area contributed by atoms with E-state index in [0.29, 0.717) is 18.4 Å². The molecule has 1 rings (SSSR count). The fraction of sp³-hybridized carbons (Fsp3) is 0.357. The van der Waals surface area contributed by atoms with Gasteiger partial charge in [-0.1, -0.05) is 6.08 Å². The first-order chi connectivity index (χ1) is 9.99. The SMILES string of the molecule is CO[C@@H](CC/C=C/C(=O)NO)[C@@H](O)c1cc(I)ccc1O. The van der Waals surface area contributed by atoms with Crippen molar-refractivity contribution >= 4 is 28.5 Å². The summed E-state index contributed by atoms with van der Waals surface area (Å²) in [5.41, 5.74) is 1.90. The number of aliphatic hydroxyl groups is 1. The quantitative estimate of drug-likeness (QED) is 0.240. The van der Waals surface area contributed by atoms with E-state index in [-0.39, 0.29) is 5.75 Å². The van der Waals surface area contributed by atoms with Crippen molar-refractivity contribution in [3.05, 3.63) is 39.5 Å². The third-order valence-electron chi connectivity index (χ3n) is 2.96. The summed E-state index contributed by atoms with van der Waals surface area (Å²) in [7, 11) is 1.48. The molecule has 7 heteroatoms. The van der Waals surface area contributed by atoms with Crippen LogP contribution >= 0.6 is 22.6 Å². The van der Waals surface area contributed by atoms with Crippen LogP contribution in [0.25, 0.3) is 0 Å². The number of aliphatic hydroxyl groups excluding tert-OH is 1. The predicted octanol–water partition coefficient (Wildman–Crippen LogP) is 1.89. The number of phenols is 1. The molecule has 0 heterocycles. The molecule has 0 bridgehead atoms. The van der Waals surface area contributed by atoms with Crippen molar-refractivity contribution in [1.29, 1.82) is 0 Å². The van der Waals surface area contributed by atoms with Crippen LogP contribution in [0.4, 0.5) is 0 Å². The molecular weight excluding hydrogens is 389 g/mol. The van der Waals surface area contributed by atoms with Crippen LogP contribution in [0, 0.1) is 3.57 Å². The maximum Gasteiger partial charge on any atom is 0.267 e. The second kappa shape index (κ2) is 8.98. The molecule has 0 aliphatic rings. The lowest BCUT2D eigenvalue weighted by Gasteiger charge is -2.22. The van der Waals surface area contributed by atoms with Crippen LogP contribution in [-0.4, -0.2) is 34.5 Å². The van der Waals surface area contributed by atoms with Gasteiger partial charge in [-0.3, -0.25) is 10.0 Å². The van der Waals surface area contributed by atoms with E-state index in [0.717, 1.165) is 3.57 Å². The monoisotopic (exact) mass is 407 g/mol. The normalized spacial score (nSPS) is 14.1. The number of phenolic OH excluding ortho intramolecular Hbond substituents is 1. The van der Waals surface area contributed by atoms with Gasteiger partial charge < -0.3 is 14.9 Å². The molecule has 0 fully saturated rings. The van der Waals surface area contributed by atoms with Gasteiger partial charge in [0, 0.05) is 22.3 Å². The highest BCUT2D eigenvalue weighted by molar-refractivity contribution is 14.1. The summed E-state index contributed by atoms with van der Waals surface area (Å²) in [4.78, 5) is 10.8. The van der Waals surface area contributed by atoms with Gasteiger partial charge >= 0.3 is 0 Å². The molecule has 116 valence electrons. The highest BCUT2D eigenvalue weighted by atomic mass is 127. The molecule has 0 saturated heterocycles. The van der Waals surface area contributed by atoms with E-state index in [9.17, 15) is 15.0 Å². The summed E-state index contributed by atoms with van der Waals surface area (Å²) in [6.07, 6.45) is 2.22. The third kappa shape index (κ3) is 5.62. The number of halogens is 1. The molecular formula is C14H18INO5. The number of nitrogens with one attached hydrogen (secondary N) is 1. The Morgan fingerprint density at radius 2 is 2.24 bits per heavy atom. The van der Waals surface area contributed by atoms with E-state index in [4.69, 9.17) is 9.94 Å². The lowest BCUT2D eigenvalue weighted by Crippen LogP contribution is -2.21. The Morgan fingerprint density at radius 1 is 1.52 bits per heavy atom. The van der Waals surface area contributed by atoms with Crippen molar-refractivity contribution in [3.8, 4) is 5.75 Å². The standard InChI is InChI=1S/C14H18INO5/c1-21-12(4-2-3-5-13(18)16-20)14(19)10-8-9(15)6-7-11(10)17/h3,5-8,12,14,17,19-20H,2,4H2,1H3,(H,16,18)/b5-3+/t12-,14-/m0/s1. The van der Waals surface area contributed by atoms with Crippen molar-refractivity contribution in [2.75, 3.05) is 7.11 Å². The van der Waals surface area contributed by atoms with Gasteiger partial charge in [-0.15, -0.1) is 0 Å². The molecule has 2 atom stereocenters. The van der Waals surface area contributed by atoms with Crippen molar-refractivity contribution in [3.63, 3.8) is 0 Å². The number of benzene rings is 1. The van der Waals surface area contributed by atoms with Gasteiger partial charge in [-0.25, -0.2) is 5.48 Å². The van der Waals surface area contributed by atoms with Crippen LogP contribution in [0.3, 0.4) is 0 Å². The maximum atomic E-state index is 10.8. The zero-order chi connectivity index (χ0) is 15.8. The Morgan fingerprint density at radius 3 is 2.86 bits per heavy atom. The van der Waals surface area contributed by atoms with Crippen molar-refractivity contribution in [2.45, 2.75) is 25.0 Å². The summed E-state index contributed by atoms with van der Waals surface area (Å²) < 4.78 is 6.14. The number of carbonyl (C=O) groups is 1. The van der Waals surface area contributed by atoms with E-state index < -0.39 is 18.1 Å². The molecule has 1 aromatic carbocycles. The minimum atomic E-state index is -0.968. The molecule has 1 amide bonds. The third-order valence-corrected chi connectivity index (χ3v) is 3.63. The number of hydrogen-bond donors (Lipinski definition) is 4. The first kappa shape index (κ1) is 17.9. The Kier molecular flexibility index (Phi) is 7.65. The molecule has 0 aromatic heterocycles. The van der Waals surface area contributed by atoms with E-state index in [1.54, 1.807) is 18.2 Å². The lowest BCUT2D eigenvalue weighted by atomic mass is 10.00. The second-order valence-electron chi connectivity index (χ2n) is 4.38. The minimum absolute atomic E-state index is 0.0140. The van der Waals surface area contributed by atoms with Gasteiger partial charge in [0.2, 0.25) is 0 Å². The summed E-state index contributed by atoms with van der Waals surface area (Å²) >= 11 is 2.09. The molecule has 1 aromatic rings. The molecule has 21 heavy (non-hydrogen) atoms. The minimum Gasteiger partial charge on any atom is -0.508 e. The average molecular weight is 407 g/mol. The van der Waals surface area contributed by atoms with E-state index in [1.165, 1.54) is 24.7 Å². The van der Waals surface area contributed by atoms with Crippen LogP contribution in [-0.2, 0) is 9.53 Å². The molecule has 4 N–H and O–H groups in total. The first-order valence-electron chi connectivity index (χ1n) is 6.29. The molecule has 6 nitrogen and oxygen atoms in total. The fourth-order valence-corrected chi connectivity index (χ4v) is 2.37. The summed E-state index contributed by atoms with van der Waals surface area (Å²) in [6.45, 7) is 0. The number of rotatable bonds is 7. The van der Waals surface area contributed by atoms with Crippen LogP contribution in [0.15, 0.2) is 30.4 Å². The molecule has 0 aliphatic heterocycles. The number of hydrogen-bond acceptors (Lipinski definition) is 5. The van der Waals surface area contributed by atoms with Crippen molar-refractivity contribution < 1.29 is 25.0 Å². The Balaban J connectivity index is 2.68. The van der Waals surface area contributed by atoms with Gasteiger partial charge in [0.1, 0.15) is 11.9 Å². The number of hydroxylamine groups is 1. The Bertz CT molecular complexity index is 506. The van der Waals surface area contributed by atoms with Gasteiger partial charge in [-0.05, 0) is 53.6 Å². The van der Waals surface area contributed by atoms with Crippen LogP contribution < -0.4 is 5.48 Å². The van der Waals surface area contributed by atoms with E-state index >= 15 is 0 Å². The Labute approximate surface area is 136 Å². The van der Waals surface area contributed by atoms with Crippen molar-refractivity contribution in [2.24, 2.45) is 0 Å². The number of allylic oxidation sites excluding steroid dienone is 1. The second-order valence-corrected chi connectivity index (χ2v) is 5.62. The van der Waals surface area contributed by atoms with Crippen molar-refractivity contribution in [1.82, 2.24) is 5.48 Å². The van der Waals surface area contributed by atoms with Gasteiger partial charge in [0.05, 0.1) is 6.10 Å². The van der Waals surface area contributed by atoms with Crippen LogP contribution in [0.2, 0.25) is 0 Å². The van der Waals surface area contributed by atoms with Gasteiger partial charge in [0.15, 0.2) is 0 Å². The summed E-state index contributed by atoms with van der Waals surface area (Å²) in [5, 5.41) is 28.5. The lowest BCUT2D eigenvalue weighted by molar-refractivity contribution is -0.124. The van der Waals surface area contributed by atoms with E-state index in [2.05, 4.69) is 22.6 Å². The largest absolute Gasteiger partial charge is 0.508 e. The predicted molar refractivity (Wildman–Crippen MR) is 84.9 cm³/mol. The average Bonchev–Trinajstić information content (AvgIpc) is 2.48. The summed E-state index contributed by atoms with van der Waals surface area (Å²) in [5.74, 6) is -0.597. The molecule has 0 spiro atoms. The number of carbonyl (C=O) groups excluding carboxylic acids is 1. The van der Waals surface area contributed by atoms with E-state index in [1.807, 2.05) is 0 Å². The number of aromatic hydroxyl groups is 1. The number of amides is 1. The first-order valence-corrected chi connectivity index (χ1v) is 7.37. The Hall–Kier alpha value is -1.16. The van der Waals surface area contributed by atoms with Gasteiger partial charge in [0.25, 0.3) is 5.91 Å². The smallest absolute Gasteiger partial charge is 0.267 e. The molecule has 0 saturated carbocycles. The zero-order valence-electron chi connectivity index (χ0n) is 11.5.